The molecule has 8 heteroatoms. The van der Waals surface area contributed by atoms with Crippen LogP contribution in [-0.2, 0) is 17.6 Å². The molecule has 0 amide bonds. The smallest absolute Gasteiger partial charge is 0.372 e. The summed E-state index contributed by atoms with van der Waals surface area (Å²) < 4.78 is 39.9. The molecule has 0 aliphatic carbocycles. The van der Waals surface area contributed by atoms with Crippen molar-refractivity contribution in [2.45, 2.75) is 25.9 Å². The lowest BCUT2D eigenvalue weighted by Crippen LogP contribution is -2.18. The molecular formula is C10H11Cl2F3N2O. The van der Waals surface area contributed by atoms with E-state index in [1.807, 2.05) is 6.92 Å². The average molecular weight is 303 g/mol. The van der Waals surface area contributed by atoms with Gasteiger partial charge >= 0.3 is 6.18 Å². The molecule has 0 N–H and O–H groups in total. The van der Waals surface area contributed by atoms with Crippen LogP contribution in [0.3, 0.4) is 0 Å². The highest BCUT2D eigenvalue weighted by Gasteiger charge is 2.27. The second kappa shape index (κ2) is 6.54. The zero-order valence-electron chi connectivity index (χ0n) is 9.52. The van der Waals surface area contributed by atoms with Crippen molar-refractivity contribution in [3.05, 3.63) is 21.7 Å². The molecule has 0 saturated carbocycles. The molecular weight excluding hydrogens is 292 g/mol. The Bertz CT molecular complexity index is 390. The van der Waals surface area contributed by atoms with E-state index >= 15 is 0 Å². The number of rotatable bonds is 5. The molecule has 3 nitrogen and oxygen atoms in total. The highest BCUT2D eigenvalue weighted by atomic mass is 35.5. The van der Waals surface area contributed by atoms with Gasteiger partial charge in [0.1, 0.15) is 22.7 Å². The quantitative estimate of drug-likeness (QED) is 0.617. The molecule has 0 unspecified atom stereocenters. The summed E-state index contributed by atoms with van der Waals surface area (Å²) in [6.07, 6.45) is -3.62. The van der Waals surface area contributed by atoms with Gasteiger partial charge < -0.3 is 4.74 Å². The molecule has 1 aromatic rings. The van der Waals surface area contributed by atoms with Crippen LogP contribution in [0.4, 0.5) is 13.2 Å². The van der Waals surface area contributed by atoms with Crippen LogP contribution in [-0.4, -0.2) is 29.4 Å². The highest BCUT2D eigenvalue weighted by Crippen LogP contribution is 2.21. The molecule has 0 spiro atoms. The van der Waals surface area contributed by atoms with E-state index in [-0.39, 0.29) is 29.2 Å². The van der Waals surface area contributed by atoms with Gasteiger partial charge in [-0.3, -0.25) is 0 Å². The van der Waals surface area contributed by atoms with E-state index in [0.29, 0.717) is 12.0 Å². The molecule has 0 atom stereocenters. The second-order valence-electron chi connectivity index (χ2n) is 3.47. The van der Waals surface area contributed by atoms with Crippen LogP contribution >= 0.6 is 23.2 Å². The molecule has 0 bridgehead atoms. The number of hydrogen-bond donors (Lipinski definition) is 0. The van der Waals surface area contributed by atoms with Crippen molar-refractivity contribution in [2.75, 3.05) is 13.2 Å². The molecule has 0 aliphatic rings. The van der Waals surface area contributed by atoms with Crippen LogP contribution < -0.4 is 0 Å². The van der Waals surface area contributed by atoms with Crippen LogP contribution in [0.15, 0.2) is 0 Å². The second-order valence-corrected chi connectivity index (χ2v) is 4.19. The van der Waals surface area contributed by atoms with Gasteiger partial charge in [-0.15, -0.1) is 0 Å². The molecule has 0 saturated heterocycles. The fourth-order valence-corrected chi connectivity index (χ4v) is 1.92. The van der Waals surface area contributed by atoms with Crippen LogP contribution in [0.25, 0.3) is 0 Å². The largest absolute Gasteiger partial charge is 0.411 e. The minimum atomic E-state index is -4.33. The van der Waals surface area contributed by atoms with Crippen molar-refractivity contribution in [2.24, 2.45) is 0 Å². The van der Waals surface area contributed by atoms with E-state index in [9.17, 15) is 13.2 Å². The Morgan fingerprint density at radius 3 is 2.17 bits per heavy atom. The molecule has 0 aromatic carbocycles. The number of hydrogen-bond acceptors (Lipinski definition) is 3. The zero-order valence-corrected chi connectivity index (χ0v) is 11.0. The molecule has 0 aliphatic heterocycles. The van der Waals surface area contributed by atoms with Gasteiger partial charge in [0.05, 0.1) is 6.61 Å². The minimum Gasteiger partial charge on any atom is -0.372 e. The third kappa shape index (κ3) is 4.96. The minimum absolute atomic E-state index is 0.125. The maximum atomic E-state index is 11.8. The average Bonchev–Trinajstić information content (AvgIpc) is 2.23. The lowest BCUT2D eigenvalue weighted by atomic mass is 10.2. The molecule has 18 heavy (non-hydrogen) atoms. The Labute approximate surface area is 112 Å². The number of ether oxygens (including phenoxy) is 1. The maximum absolute atomic E-state index is 11.8. The van der Waals surface area contributed by atoms with E-state index in [0.717, 1.165) is 0 Å². The Kier molecular flexibility index (Phi) is 5.62. The van der Waals surface area contributed by atoms with E-state index in [1.165, 1.54) is 0 Å². The van der Waals surface area contributed by atoms with Gasteiger partial charge in [0.2, 0.25) is 0 Å². The van der Waals surface area contributed by atoms with E-state index in [4.69, 9.17) is 23.2 Å². The Balaban J connectivity index is 2.54. The van der Waals surface area contributed by atoms with Gasteiger partial charge in [-0.25, -0.2) is 9.97 Å². The van der Waals surface area contributed by atoms with Gasteiger partial charge in [-0.1, -0.05) is 30.1 Å². The summed E-state index contributed by atoms with van der Waals surface area (Å²) in [6.45, 7) is 0.418. The van der Waals surface area contributed by atoms with Gasteiger partial charge in [-0.05, 0) is 6.42 Å². The highest BCUT2D eigenvalue weighted by molar-refractivity contribution is 6.34. The van der Waals surface area contributed by atoms with Gasteiger partial charge in [0.25, 0.3) is 0 Å². The standard InChI is InChI=1S/C10H11Cl2F3N2O/c1-2-6-8(11)16-7(17-9(6)12)3-4-18-5-10(13,14)15/h2-5H2,1H3. The van der Waals surface area contributed by atoms with Crippen LogP contribution in [0.2, 0.25) is 10.3 Å². The fraction of sp³-hybridized carbons (Fsp3) is 0.600. The summed E-state index contributed by atoms with van der Waals surface area (Å²) in [7, 11) is 0. The van der Waals surface area contributed by atoms with E-state index < -0.39 is 12.8 Å². The monoisotopic (exact) mass is 302 g/mol. The van der Waals surface area contributed by atoms with Crippen molar-refractivity contribution in [1.29, 1.82) is 0 Å². The lowest BCUT2D eigenvalue weighted by molar-refractivity contribution is -0.173. The summed E-state index contributed by atoms with van der Waals surface area (Å²) in [4.78, 5) is 7.89. The fourth-order valence-electron chi connectivity index (χ4n) is 1.23. The Hall–Kier alpha value is -0.590. The first-order chi connectivity index (χ1) is 8.33. The summed E-state index contributed by atoms with van der Waals surface area (Å²) >= 11 is 11.7. The number of nitrogens with zero attached hydrogens (tertiary/aromatic N) is 2. The maximum Gasteiger partial charge on any atom is 0.411 e. The number of halogens is 5. The predicted octanol–water partition coefficient (Wildman–Crippen LogP) is 3.47. The Morgan fingerprint density at radius 1 is 1.17 bits per heavy atom. The Morgan fingerprint density at radius 2 is 1.72 bits per heavy atom. The van der Waals surface area contributed by atoms with Crippen molar-refractivity contribution >= 4 is 23.2 Å². The third-order valence-electron chi connectivity index (χ3n) is 2.04. The predicted molar refractivity (Wildman–Crippen MR) is 62.0 cm³/mol. The molecule has 1 rings (SSSR count). The first-order valence-corrected chi connectivity index (χ1v) is 5.94. The van der Waals surface area contributed by atoms with Crippen molar-refractivity contribution in [3.8, 4) is 0 Å². The summed E-state index contributed by atoms with van der Waals surface area (Å²) in [5.41, 5.74) is 0.623. The molecule has 0 radical (unpaired) electrons. The van der Waals surface area contributed by atoms with E-state index in [2.05, 4.69) is 14.7 Å². The first-order valence-electron chi connectivity index (χ1n) is 5.18. The van der Waals surface area contributed by atoms with Gasteiger partial charge in [-0.2, -0.15) is 13.2 Å². The van der Waals surface area contributed by atoms with Crippen LogP contribution in [0.1, 0.15) is 18.3 Å². The first kappa shape index (κ1) is 15.5. The molecule has 1 heterocycles. The van der Waals surface area contributed by atoms with Crippen molar-refractivity contribution < 1.29 is 17.9 Å². The lowest BCUT2D eigenvalue weighted by Gasteiger charge is -2.08. The topological polar surface area (TPSA) is 35.0 Å². The van der Waals surface area contributed by atoms with Crippen molar-refractivity contribution in [1.82, 2.24) is 9.97 Å². The number of aromatic nitrogens is 2. The van der Waals surface area contributed by atoms with Gasteiger partial charge in [0, 0.05) is 12.0 Å². The third-order valence-corrected chi connectivity index (χ3v) is 2.67. The van der Waals surface area contributed by atoms with Crippen LogP contribution in [0.5, 0.6) is 0 Å². The van der Waals surface area contributed by atoms with E-state index in [1.54, 1.807) is 0 Å². The normalized spacial score (nSPS) is 11.9. The van der Waals surface area contributed by atoms with Gasteiger partial charge in [0.15, 0.2) is 0 Å². The van der Waals surface area contributed by atoms with Crippen molar-refractivity contribution in [3.63, 3.8) is 0 Å². The summed E-state index contributed by atoms with van der Waals surface area (Å²) in [5.74, 6) is 0.268. The molecule has 102 valence electrons. The summed E-state index contributed by atoms with van der Waals surface area (Å²) in [6, 6.07) is 0. The summed E-state index contributed by atoms with van der Waals surface area (Å²) in [5, 5.41) is 0.451. The molecule has 0 fully saturated rings. The van der Waals surface area contributed by atoms with Crippen LogP contribution in [0, 0.1) is 0 Å². The SMILES string of the molecule is CCc1c(Cl)nc(CCOCC(F)(F)F)nc1Cl. The number of alkyl halides is 3. The zero-order chi connectivity index (χ0) is 13.8. The molecule has 1 aromatic heterocycles.